The summed E-state index contributed by atoms with van der Waals surface area (Å²) in [4.78, 5) is 4.23. The topological polar surface area (TPSA) is 58.3 Å². The van der Waals surface area contributed by atoms with Gasteiger partial charge in [-0.15, -0.1) is 0 Å². The predicted molar refractivity (Wildman–Crippen MR) is 88.3 cm³/mol. The third-order valence-corrected chi connectivity index (χ3v) is 4.77. The maximum atomic E-state index is 13.5. The molecule has 138 valence electrons. The number of fused-ring (bicyclic) bond motifs is 1. The highest BCUT2D eigenvalue weighted by molar-refractivity contribution is 5.78. The molecule has 3 atom stereocenters. The molecule has 1 saturated carbocycles. The number of oxazole rings is 1. The summed E-state index contributed by atoms with van der Waals surface area (Å²) >= 11 is 0. The van der Waals surface area contributed by atoms with Crippen molar-refractivity contribution in [2.75, 3.05) is 0 Å². The molecule has 7 heteroatoms. The van der Waals surface area contributed by atoms with Crippen LogP contribution in [0.2, 0.25) is 0 Å². The fraction of sp³-hybridized carbons (Fsp3) is 0.611. The highest BCUT2D eigenvalue weighted by Crippen LogP contribution is 2.38. The first-order valence-electron chi connectivity index (χ1n) is 8.62. The molecule has 2 aromatic rings. The first kappa shape index (κ1) is 18.2. The smallest absolute Gasteiger partial charge is 0.420 e. The molecule has 4 nitrogen and oxygen atoms in total. The molecule has 0 spiro atoms. The Morgan fingerprint density at radius 2 is 1.96 bits per heavy atom. The minimum atomic E-state index is -4.52. The van der Waals surface area contributed by atoms with Gasteiger partial charge in [-0.1, -0.05) is 13.8 Å². The Labute approximate surface area is 144 Å². The number of nitrogens with one attached hydrogen (secondary N) is 1. The highest BCUT2D eigenvalue weighted by atomic mass is 19.4. The van der Waals surface area contributed by atoms with Gasteiger partial charge in [0, 0.05) is 18.0 Å². The lowest BCUT2D eigenvalue weighted by Crippen LogP contribution is -2.37. The maximum Gasteiger partial charge on any atom is 0.420 e. The Morgan fingerprint density at radius 1 is 1.24 bits per heavy atom. The van der Waals surface area contributed by atoms with Crippen molar-refractivity contribution in [2.45, 2.75) is 70.3 Å². The van der Waals surface area contributed by atoms with Gasteiger partial charge in [0.2, 0.25) is 0 Å². The van der Waals surface area contributed by atoms with Crippen molar-refractivity contribution >= 4 is 11.1 Å². The second-order valence-corrected chi connectivity index (χ2v) is 7.11. The minimum Gasteiger partial charge on any atom is -0.440 e. The normalized spacial score (nSPS) is 22.9. The van der Waals surface area contributed by atoms with Gasteiger partial charge in [0.15, 0.2) is 11.5 Å². The van der Waals surface area contributed by atoms with Gasteiger partial charge in [-0.3, -0.25) is 0 Å². The summed E-state index contributed by atoms with van der Waals surface area (Å²) < 4.78 is 45.9. The SMILES string of the molecule is CC(C)c1nc2cc([C@H](C)N[C@@H]3CCC[C@@H]3O)cc(C(F)(F)F)c2o1. The van der Waals surface area contributed by atoms with Gasteiger partial charge in [-0.2, -0.15) is 13.2 Å². The number of nitrogens with zero attached hydrogens (tertiary/aromatic N) is 1. The summed E-state index contributed by atoms with van der Waals surface area (Å²) in [5.74, 6) is 0.200. The summed E-state index contributed by atoms with van der Waals surface area (Å²) in [6, 6.07) is 2.33. The number of aliphatic hydroxyl groups excluding tert-OH is 1. The van der Waals surface area contributed by atoms with Gasteiger partial charge in [-0.25, -0.2) is 4.98 Å². The molecule has 0 bridgehead atoms. The van der Waals surface area contributed by atoms with Crippen LogP contribution in [0.25, 0.3) is 11.1 Å². The molecule has 1 aromatic heterocycles. The van der Waals surface area contributed by atoms with Crippen LogP contribution in [-0.4, -0.2) is 22.2 Å². The largest absolute Gasteiger partial charge is 0.440 e. The van der Waals surface area contributed by atoms with E-state index in [9.17, 15) is 18.3 Å². The molecule has 1 aliphatic carbocycles. The lowest BCUT2D eigenvalue weighted by Gasteiger charge is -2.23. The molecule has 0 amide bonds. The Balaban J connectivity index is 2.00. The quantitative estimate of drug-likeness (QED) is 0.845. The van der Waals surface area contributed by atoms with Crippen molar-refractivity contribution in [2.24, 2.45) is 0 Å². The van der Waals surface area contributed by atoms with Crippen LogP contribution in [0.5, 0.6) is 0 Å². The Bertz CT molecular complexity index is 755. The zero-order valence-corrected chi connectivity index (χ0v) is 14.5. The van der Waals surface area contributed by atoms with Gasteiger partial charge in [-0.05, 0) is 43.9 Å². The molecule has 1 fully saturated rings. The molecule has 1 aliphatic rings. The zero-order chi connectivity index (χ0) is 18.4. The Hall–Kier alpha value is -1.60. The second kappa shape index (κ2) is 6.61. The van der Waals surface area contributed by atoms with Gasteiger partial charge in [0.1, 0.15) is 11.1 Å². The summed E-state index contributed by atoms with van der Waals surface area (Å²) in [5, 5.41) is 13.2. The molecule has 0 saturated heterocycles. The molecular weight excluding hydrogens is 333 g/mol. The van der Waals surface area contributed by atoms with E-state index in [-0.39, 0.29) is 29.1 Å². The van der Waals surface area contributed by atoms with Gasteiger partial charge in [0.25, 0.3) is 0 Å². The van der Waals surface area contributed by atoms with Crippen molar-refractivity contribution in [1.82, 2.24) is 10.3 Å². The fourth-order valence-electron chi connectivity index (χ4n) is 3.33. The van der Waals surface area contributed by atoms with E-state index in [2.05, 4.69) is 10.3 Å². The minimum absolute atomic E-state index is 0.0939. The molecule has 1 aromatic carbocycles. The highest BCUT2D eigenvalue weighted by Gasteiger charge is 2.36. The van der Waals surface area contributed by atoms with Crippen LogP contribution in [-0.2, 0) is 6.18 Å². The summed E-state index contributed by atoms with van der Waals surface area (Å²) in [6.45, 7) is 5.45. The van der Waals surface area contributed by atoms with Gasteiger partial charge < -0.3 is 14.8 Å². The summed E-state index contributed by atoms with van der Waals surface area (Å²) in [6.07, 6.45) is -2.51. The standard InChI is InChI=1S/C18H23F3N2O2/c1-9(2)17-23-14-8-11(7-12(16(14)25-17)18(19,20)21)10(3)22-13-5-4-6-15(13)24/h7-10,13,15,22,24H,4-6H2,1-3H3/t10-,13+,15-/m0/s1. The van der Waals surface area contributed by atoms with Crippen LogP contribution in [0.4, 0.5) is 13.2 Å². The van der Waals surface area contributed by atoms with E-state index in [4.69, 9.17) is 4.42 Å². The fourth-order valence-corrected chi connectivity index (χ4v) is 3.33. The van der Waals surface area contributed by atoms with Crippen molar-refractivity contribution in [3.63, 3.8) is 0 Å². The van der Waals surface area contributed by atoms with E-state index in [1.807, 2.05) is 13.8 Å². The molecule has 3 rings (SSSR count). The van der Waals surface area contributed by atoms with Gasteiger partial charge >= 0.3 is 6.18 Å². The predicted octanol–water partition coefficient (Wildman–Crippen LogP) is 4.53. The number of aliphatic hydroxyl groups is 1. The van der Waals surface area contributed by atoms with Crippen molar-refractivity contribution in [1.29, 1.82) is 0 Å². The van der Waals surface area contributed by atoms with Crippen LogP contribution in [0.15, 0.2) is 16.5 Å². The van der Waals surface area contributed by atoms with Crippen LogP contribution in [0, 0.1) is 0 Å². The number of hydrogen-bond donors (Lipinski definition) is 2. The van der Waals surface area contributed by atoms with E-state index >= 15 is 0 Å². The first-order chi connectivity index (χ1) is 11.7. The zero-order valence-electron chi connectivity index (χ0n) is 14.5. The number of halogens is 3. The van der Waals surface area contributed by atoms with Crippen LogP contribution in [0.1, 0.15) is 69.0 Å². The maximum absolute atomic E-state index is 13.5. The van der Waals surface area contributed by atoms with E-state index in [1.54, 1.807) is 13.0 Å². The molecular formula is C18H23F3N2O2. The monoisotopic (exact) mass is 356 g/mol. The van der Waals surface area contributed by atoms with Gasteiger partial charge in [0.05, 0.1) is 6.10 Å². The van der Waals surface area contributed by atoms with E-state index in [0.717, 1.165) is 25.3 Å². The van der Waals surface area contributed by atoms with Crippen molar-refractivity contribution in [3.8, 4) is 0 Å². The van der Waals surface area contributed by atoms with Crippen molar-refractivity contribution in [3.05, 3.63) is 29.2 Å². The average Bonchev–Trinajstić information content (AvgIpc) is 3.11. The number of rotatable bonds is 4. The lowest BCUT2D eigenvalue weighted by atomic mass is 10.0. The van der Waals surface area contributed by atoms with Crippen LogP contribution in [0.3, 0.4) is 0 Å². The van der Waals surface area contributed by atoms with Crippen LogP contribution < -0.4 is 5.32 Å². The van der Waals surface area contributed by atoms with E-state index < -0.39 is 17.8 Å². The van der Waals surface area contributed by atoms with Crippen LogP contribution >= 0.6 is 0 Å². The Kier molecular flexibility index (Phi) is 4.81. The molecule has 0 aliphatic heterocycles. The number of aromatic nitrogens is 1. The molecule has 1 heterocycles. The van der Waals surface area contributed by atoms with E-state index in [1.165, 1.54) is 0 Å². The number of hydrogen-bond acceptors (Lipinski definition) is 4. The molecule has 25 heavy (non-hydrogen) atoms. The Morgan fingerprint density at radius 3 is 2.52 bits per heavy atom. The third kappa shape index (κ3) is 3.67. The molecule has 2 N–H and O–H groups in total. The average molecular weight is 356 g/mol. The summed E-state index contributed by atoms with van der Waals surface area (Å²) in [7, 11) is 0. The first-order valence-corrected chi connectivity index (χ1v) is 8.62. The third-order valence-electron chi connectivity index (χ3n) is 4.77. The summed E-state index contributed by atoms with van der Waals surface area (Å²) in [5.41, 5.74) is -0.315. The number of benzene rings is 1. The molecule has 0 radical (unpaired) electrons. The van der Waals surface area contributed by atoms with Crippen molar-refractivity contribution < 1.29 is 22.7 Å². The van der Waals surface area contributed by atoms with E-state index in [0.29, 0.717) is 11.5 Å². The number of alkyl halides is 3. The molecule has 0 unspecified atom stereocenters. The lowest BCUT2D eigenvalue weighted by molar-refractivity contribution is -0.136. The second-order valence-electron chi connectivity index (χ2n) is 7.11.